The van der Waals surface area contributed by atoms with Crippen LogP contribution in [0.3, 0.4) is 0 Å². The number of nitrogens with two attached hydrogens (primary N) is 1. The number of aromatic nitrogens is 2. The maximum absolute atomic E-state index is 11.7. The largest absolute Gasteiger partial charge is 0.464 e. The molecule has 0 aliphatic rings. The van der Waals surface area contributed by atoms with Crippen LogP contribution in [0.4, 0.5) is 5.82 Å². The van der Waals surface area contributed by atoms with Crippen molar-refractivity contribution in [1.82, 2.24) is 9.55 Å². The summed E-state index contributed by atoms with van der Waals surface area (Å²) in [5.74, 6) is 0.290. The van der Waals surface area contributed by atoms with Gasteiger partial charge in [-0.25, -0.2) is 9.78 Å². The van der Waals surface area contributed by atoms with Gasteiger partial charge in [0.05, 0.1) is 17.8 Å². The first kappa shape index (κ1) is 14.9. The second-order valence-corrected chi connectivity index (χ2v) is 5.36. The molecule has 20 heavy (non-hydrogen) atoms. The minimum absolute atomic E-state index is 0.0976. The molecule has 0 aliphatic heterocycles. The number of ether oxygens (including phenoxy) is 1. The summed E-state index contributed by atoms with van der Waals surface area (Å²) in [6.45, 7) is 1.92. The minimum atomic E-state index is -0.568. The van der Waals surface area contributed by atoms with Crippen LogP contribution in [0.1, 0.15) is 23.2 Å². The predicted molar refractivity (Wildman–Crippen MR) is 81.4 cm³/mol. The van der Waals surface area contributed by atoms with E-state index in [-0.39, 0.29) is 11.5 Å². The Morgan fingerprint density at radius 3 is 2.85 bits per heavy atom. The van der Waals surface area contributed by atoms with E-state index in [1.165, 1.54) is 7.11 Å². The van der Waals surface area contributed by atoms with Gasteiger partial charge < -0.3 is 10.5 Å². The first-order chi connectivity index (χ1) is 9.49. The summed E-state index contributed by atoms with van der Waals surface area (Å²) >= 11 is 9.60. The van der Waals surface area contributed by atoms with Gasteiger partial charge in [-0.15, -0.1) is 0 Å². The number of carbonyl (C=O) groups excluding carboxylic acids is 1. The van der Waals surface area contributed by atoms with Gasteiger partial charge in [-0.05, 0) is 18.2 Å². The Hall–Kier alpha value is -1.53. The number of nitrogen functional groups attached to an aromatic ring is 1. The fourth-order valence-electron chi connectivity index (χ4n) is 1.89. The quantitative estimate of drug-likeness (QED) is 0.855. The van der Waals surface area contributed by atoms with Crippen LogP contribution in [0.2, 0.25) is 5.02 Å². The van der Waals surface area contributed by atoms with Crippen molar-refractivity contribution in [1.29, 1.82) is 0 Å². The first-order valence-corrected chi connectivity index (χ1v) is 7.07. The summed E-state index contributed by atoms with van der Waals surface area (Å²) in [4.78, 5) is 15.9. The highest BCUT2D eigenvalue weighted by Gasteiger charge is 2.22. The molecule has 5 nitrogen and oxygen atoms in total. The molecule has 0 aliphatic carbocycles. The Morgan fingerprint density at radius 1 is 1.55 bits per heavy atom. The lowest BCUT2D eigenvalue weighted by molar-refractivity contribution is 0.0596. The molecule has 0 radical (unpaired) electrons. The zero-order valence-electron chi connectivity index (χ0n) is 11.0. The average molecular weight is 359 g/mol. The number of anilines is 1. The molecule has 1 heterocycles. The molecule has 0 saturated carbocycles. The van der Waals surface area contributed by atoms with Crippen molar-refractivity contribution < 1.29 is 9.53 Å². The van der Waals surface area contributed by atoms with Crippen molar-refractivity contribution >= 4 is 39.3 Å². The number of hydrogen-bond donors (Lipinski definition) is 1. The fourth-order valence-corrected chi connectivity index (χ4v) is 2.44. The van der Waals surface area contributed by atoms with E-state index >= 15 is 0 Å². The number of aryl methyl sites for hydroxylation is 1. The van der Waals surface area contributed by atoms with Gasteiger partial charge in [-0.1, -0.05) is 34.5 Å². The number of hydrogen-bond acceptors (Lipinski definition) is 4. The summed E-state index contributed by atoms with van der Waals surface area (Å²) in [5.41, 5.74) is 6.80. The third-order valence-corrected chi connectivity index (χ3v) is 3.64. The monoisotopic (exact) mass is 357 g/mol. The summed E-state index contributed by atoms with van der Waals surface area (Å²) < 4.78 is 7.20. The summed E-state index contributed by atoms with van der Waals surface area (Å²) in [6.07, 6.45) is 0.601. The topological polar surface area (TPSA) is 70.1 Å². The SMILES string of the molecule is CCc1nc(C(=O)OC)c(N)n1-c1cc(Br)ccc1Cl. The van der Waals surface area contributed by atoms with E-state index in [1.807, 2.05) is 19.1 Å². The van der Waals surface area contributed by atoms with E-state index < -0.39 is 5.97 Å². The third kappa shape index (κ3) is 2.53. The standard InChI is InChI=1S/C13H13BrClN3O2/c1-3-10-17-11(13(19)20-2)12(16)18(10)9-6-7(14)4-5-8(9)15/h4-6H,3,16H2,1-2H3. The number of esters is 1. The number of benzene rings is 1. The third-order valence-electron chi connectivity index (χ3n) is 2.83. The van der Waals surface area contributed by atoms with E-state index in [1.54, 1.807) is 10.6 Å². The maximum atomic E-state index is 11.7. The summed E-state index contributed by atoms with van der Waals surface area (Å²) in [7, 11) is 1.29. The highest BCUT2D eigenvalue weighted by molar-refractivity contribution is 9.10. The van der Waals surface area contributed by atoms with Crippen LogP contribution in [-0.4, -0.2) is 22.6 Å². The van der Waals surface area contributed by atoms with Gasteiger partial charge in [-0.2, -0.15) is 0 Å². The molecular weight excluding hydrogens is 346 g/mol. The Kier molecular flexibility index (Phi) is 4.35. The molecule has 1 aromatic carbocycles. The van der Waals surface area contributed by atoms with E-state index in [0.717, 1.165) is 4.47 Å². The molecule has 0 unspecified atom stereocenters. The van der Waals surface area contributed by atoms with Crippen LogP contribution in [0, 0.1) is 0 Å². The molecule has 7 heteroatoms. The van der Waals surface area contributed by atoms with Crippen LogP contribution < -0.4 is 5.73 Å². The maximum Gasteiger partial charge on any atom is 0.360 e. The van der Waals surface area contributed by atoms with Crippen LogP contribution >= 0.6 is 27.5 Å². The molecule has 0 bridgehead atoms. The second-order valence-electron chi connectivity index (χ2n) is 4.04. The lowest BCUT2D eigenvalue weighted by Crippen LogP contribution is -2.08. The Bertz CT molecular complexity index is 670. The molecule has 1 aromatic heterocycles. The minimum Gasteiger partial charge on any atom is -0.464 e. The lowest BCUT2D eigenvalue weighted by atomic mass is 10.3. The Morgan fingerprint density at radius 2 is 2.25 bits per heavy atom. The molecule has 0 spiro atoms. The van der Waals surface area contributed by atoms with Gasteiger partial charge in [0.1, 0.15) is 11.6 Å². The zero-order valence-corrected chi connectivity index (χ0v) is 13.3. The molecular formula is C13H13BrClN3O2. The summed E-state index contributed by atoms with van der Waals surface area (Å²) in [5, 5.41) is 0.517. The number of halogens is 2. The van der Waals surface area contributed by atoms with Crippen LogP contribution in [0.15, 0.2) is 22.7 Å². The molecule has 0 amide bonds. The van der Waals surface area contributed by atoms with Crippen molar-refractivity contribution in [3.05, 3.63) is 39.2 Å². The van der Waals surface area contributed by atoms with Gasteiger partial charge >= 0.3 is 5.97 Å². The van der Waals surface area contributed by atoms with E-state index in [9.17, 15) is 4.79 Å². The smallest absolute Gasteiger partial charge is 0.360 e. The molecule has 2 aromatic rings. The zero-order chi connectivity index (χ0) is 14.9. The van der Waals surface area contributed by atoms with Gasteiger partial charge in [0, 0.05) is 10.9 Å². The normalized spacial score (nSPS) is 10.6. The number of rotatable bonds is 3. The van der Waals surface area contributed by atoms with Crippen LogP contribution in [-0.2, 0) is 11.2 Å². The van der Waals surface area contributed by atoms with Crippen molar-refractivity contribution in [3.8, 4) is 5.69 Å². The second kappa shape index (κ2) is 5.85. The number of methoxy groups -OCH3 is 1. The van der Waals surface area contributed by atoms with E-state index in [2.05, 4.69) is 25.7 Å². The molecule has 0 saturated heterocycles. The van der Waals surface area contributed by atoms with E-state index in [4.69, 9.17) is 17.3 Å². The molecule has 106 valence electrons. The fraction of sp³-hybridized carbons (Fsp3) is 0.231. The van der Waals surface area contributed by atoms with Gasteiger partial charge in [0.15, 0.2) is 5.69 Å². The van der Waals surface area contributed by atoms with Gasteiger partial charge in [0.2, 0.25) is 0 Å². The van der Waals surface area contributed by atoms with Crippen LogP contribution in [0.25, 0.3) is 5.69 Å². The predicted octanol–water partition coefficient (Wildman–Crippen LogP) is 3.22. The molecule has 0 atom stereocenters. The molecule has 2 N–H and O–H groups in total. The van der Waals surface area contributed by atoms with Crippen molar-refractivity contribution in [3.63, 3.8) is 0 Å². The lowest BCUT2D eigenvalue weighted by Gasteiger charge is -2.11. The van der Waals surface area contributed by atoms with Crippen LogP contribution in [0.5, 0.6) is 0 Å². The number of imidazole rings is 1. The van der Waals surface area contributed by atoms with Crippen molar-refractivity contribution in [2.75, 3.05) is 12.8 Å². The number of nitrogens with zero attached hydrogens (tertiary/aromatic N) is 2. The highest BCUT2D eigenvalue weighted by atomic mass is 79.9. The molecule has 0 fully saturated rings. The van der Waals surface area contributed by atoms with Crippen molar-refractivity contribution in [2.45, 2.75) is 13.3 Å². The summed E-state index contributed by atoms with van der Waals surface area (Å²) in [6, 6.07) is 5.39. The number of carbonyl (C=O) groups is 1. The first-order valence-electron chi connectivity index (χ1n) is 5.90. The Labute approximate surface area is 129 Å². The highest BCUT2D eigenvalue weighted by Crippen LogP contribution is 2.29. The Balaban J connectivity index is 2.70. The van der Waals surface area contributed by atoms with Gasteiger partial charge in [-0.3, -0.25) is 4.57 Å². The average Bonchev–Trinajstić information content (AvgIpc) is 2.77. The van der Waals surface area contributed by atoms with Gasteiger partial charge in [0.25, 0.3) is 0 Å². The van der Waals surface area contributed by atoms with Crippen molar-refractivity contribution in [2.24, 2.45) is 0 Å². The molecule has 2 rings (SSSR count). The van der Waals surface area contributed by atoms with E-state index in [0.29, 0.717) is 23.0 Å².